The Labute approximate surface area is 109 Å². The summed E-state index contributed by atoms with van der Waals surface area (Å²) < 4.78 is 0. The fourth-order valence-electron chi connectivity index (χ4n) is 1.51. The van der Waals surface area contributed by atoms with E-state index in [1.165, 1.54) is 16.8 Å². The molecular formula is C12H13N2OS2. The molecule has 89 valence electrons. The Balaban J connectivity index is 2.05. The fraction of sp³-hybridized carbons (Fsp3) is 0.250. The summed E-state index contributed by atoms with van der Waals surface area (Å²) >= 11 is 3.32. The number of thiophene rings is 2. The SMILES string of the molecule is C[N]C(=O)N(Cc1cccs1)Cc1cccs1. The van der Waals surface area contributed by atoms with Gasteiger partial charge in [0.1, 0.15) is 0 Å². The lowest BCUT2D eigenvalue weighted by molar-refractivity contribution is 0.195. The molecule has 3 nitrogen and oxygen atoms in total. The van der Waals surface area contributed by atoms with Crippen LogP contribution in [0.25, 0.3) is 0 Å². The second-order valence-corrected chi connectivity index (χ2v) is 5.59. The molecule has 0 spiro atoms. The number of hydrogen-bond donors (Lipinski definition) is 0. The summed E-state index contributed by atoms with van der Waals surface area (Å²) in [6.45, 7) is 1.26. The van der Waals surface area contributed by atoms with Crippen molar-refractivity contribution >= 4 is 28.7 Å². The van der Waals surface area contributed by atoms with E-state index in [0.29, 0.717) is 13.1 Å². The third-order valence-corrected chi connectivity index (χ3v) is 4.04. The normalized spacial score (nSPS) is 10.2. The van der Waals surface area contributed by atoms with Gasteiger partial charge in [0.05, 0.1) is 13.1 Å². The molecule has 2 rings (SSSR count). The van der Waals surface area contributed by atoms with Crippen LogP contribution in [-0.2, 0) is 13.1 Å². The van der Waals surface area contributed by atoms with Crippen LogP contribution in [0.2, 0.25) is 0 Å². The van der Waals surface area contributed by atoms with Crippen LogP contribution in [-0.4, -0.2) is 18.0 Å². The zero-order chi connectivity index (χ0) is 12.1. The molecule has 0 saturated heterocycles. The van der Waals surface area contributed by atoms with E-state index in [-0.39, 0.29) is 6.03 Å². The highest BCUT2D eigenvalue weighted by molar-refractivity contribution is 7.10. The van der Waals surface area contributed by atoms with Crippen molar-refractivity contribution in [3.05, 3.63) is 44.8 Å². The summed E-state index contributed by atoms with van der Waals surface area (Å²) in [4.78, 5) is 15.9. The van der Waals surface area contributed by atoms with Crippen LogP contribution in [0, 0.1) is 0 Å². The summed E-state index contributed by atoms with van der Waals surface area (Å²) in [5.74, 6) is 0. The van der Waals surface area contributed by atoms with Crippen LogP contribution in [0.1, 0.15) is 9.75 Å². The van der Waals surface area contributed by atoms with Gasteiger partial charge in [0.25, 0.3) is 0 Å². The second-order valence-electron chi connectivity index (χ2n) is 3.52. The minimum atomic E-state index is -0.160. The van der Waals surface area contributed by atoms with Crippen molar-refractivity contribution in [1.29, 1.82) is 0 Å². The van der Waals surface area contributed by atoms with Crippen LogP contribution in [0.5, 0.6) is 0 Å². The summed E-state index contributed by atoms with van der Waals surface area (Å²) in [5.41, 5.74) is 0. The van der Waals surface area contributed by atoms with Crippen LogP contribution < -0.4 is 5.32 Å². The van der Waals surface area contributed by atoms with Crippen molar-refractivity contribution in [3.8, 4) is 0 Å². The number of hydrogen-bond acceptors (Lipinski definition) is 3. The van der Waals surface area contributed by atoms with Crippen LogP contribution >= 0.6 is 22.7 Å². The first-order valence-electron chi connectivity index (χ1n) is 5.23. The zero-order valence-corrected chi connectivity index (χ0v) is 11.1. The van der Waals surface area contributed by atoms with Gasteiger partial charge in [0.2, 0.25) is 0 Å². The molecule has 17 heavy (non-hydrogen) atoms. The van der Waals surface area contributed by atoms with Crippen molar-refractivity contribution in [2.45, 2.75) is 13.1 Å². The quantitative estimate of drug-likeness (QED) is 0.836. The Kier molecular flexibility index (Phi) is 4.17. The lowest BCUT2D eigenvalue weighted by atomic mass is 10.4. The highest BCUT2D eigenvalue weighted by Crippen LogP contribution is 2.17. The molecule has 0 aliphatic rings. The molecule has 2 heterocycles. The van der Waals surface area contributed by atoms with Gasteiger partial charge in [-0.05, 0) is 22.9 Å². The first kappa shape index (κ1) is 12.1. The van der Waals surface area contributed by atoms with Gasteiger partial charge in [0, 0.05) is 16.8 Å². The van der Waals surface area contributed by atoms with Crippen molar-refractivity contribution < 1.29 is 4.79 Å². The largest absolute Gasteiger partial charge is 0.339 e. The maximum atomic E-state index is 11.7. The minimum absolute atomic E-state index is 0.160. The summed E-state index contributed by atoms with van der Waals surface area (Å²) in [6.07, 6.45) is 0. The Hall–Kier alpha value is -1.33. The molecule has 0 N–H and O–H groups in total. The van der Waals surface area contributed by atoms with Gasteiger partial charge in [-0.2, -0.15) is 0 Å². The topological polar surface area (TPSA) is 34.4 Å². The van der Waals surface area contributed by atoms with Gasteiger partial charge < -0.3 is 4.90 Å². The van der Waals surface area contributed by atoms with Gasteiger partial charge in [0.15, 0.2) is 0 Å². The van der Waals surface area contributed by atoms with E-state index >= 15 is 0 Å². The average molecular weight is 265 g/mol. The number of nitrogens with zero attached hydrogens (tertiary/aromatic N) is 2. The van der Waals surface area contributed by atoms with E-state index in [1.54, 1.807) is 27.6 Å². The summed E-state index contributed by atoms with van der Waals surface area (Å²) in [5, 5.41) is 7.79. The van der Waals surface area contributed by atoms with Gasteiger partial charge in [-0.25, -0.2) is 10.1 Å². The van der Waals surface area contributed by atoms with Gasteiger partial charge in [-0.3, -0.25) is 0 Å². The fourth-order valence-corrected chi connectivity index (χ4v) is 2.95. The Bertz CT molecular complexity index is 415. The molecule has 0 bridgehead atoms. The van der Waals surface area contributed by atoms with Crippen molar-refractivity contribution in [2.24, 2.45) is 0 Å². The molecule has 0 aromatic carbocycles. The number of carbonyl (C=O) groups excluding carboxylic acids is 1. The number of amides is 2. The van der Waals surface area contributed by atoms with Crippen LogP contribution in [0.3, 0.4) is 0 Å². The van der Waals surface area contributed by atoms with Gasteiger partial charge >= 0.3 is 6.03 Å². The highest BCUT2D eigenvalue weighted by Gasteiger charge is 2.14. The third kappa shape index (κ3) is 3.31. The average Bonchev–Trinajstić information content (AvgIpc) is 3.00. The monoisotopic (exact) mass is 265 g/mol. The first-order chi connectivity index (χ1) is 8.29. The molecule has 0 aliphatic carbocycles. The molecule has 2 amide bonds. The van der Waals surface area contributed by atoms with Crippen LogP contribution in [0.4, 0.5) is 4.79 Å². The smallest absolute Gasteiger partial charge is 0.313 e. The lowest BCUT2D eigenvalue weighted by Crippen LogP contribution is -2.33. The first-order valence-corrected chi connectivity index (χ1v) is 6.99. The summed E-state index contributed by atoms with van der Waals surface area (Å²) in [7, 11) is 1.54. The predicted octanol–water partition coefficient (Wildman–Crippen LogP) is 3.17. The number of urea groups is 1. The zero-order valence-electron chi connectivity index (χ0n) is 9.50. The van der Waals surface area contributed by atoms with Crippen molar-refractivity contribution in [2.75, 3.05) is 7.05 Å². The molecule has 0 fully saturated rings. The molecule has 5 heteroatoms. The molecule has 2 aromatic rings. The molecule has 2 aromatic heterocycles. The van der Waals surface area contributed by atoms with Gasteiger partial charge in [-0.1, -0.05) is 12.1 Å². The summed E-state index contributed by atoms with van der Waals surface area (Å²) in [6, 6.07) is 7.91. The van der Waals surface area contributed by atoms with E-state index in [0.717, 1.165) is 0 Å². The number of rotatable bonds is 4. The minimum Gasteiger partial charge on any atom is -0.313 e. The van der Waals surface area contributed by atoms with E-state index in [2.05, 4.69) is 5.32 Å². The van der Waals surface area contributed by atoms with E-state index in [9.17, 15) is 4.79 Å². The van der Waals surface area contributed by atoms with Crippen LogP contribution in [0.15, 0.2) is 35.0 Å². The standard InChI is InChI=1S/C12H13N2OS2/c1-13-12(15)14(8-10-4-2-6-16-10)9-11-5-3-7-17-11/h2-7H,8-9H2,1H3. The van der Waals surface area contributed by atoms with Crippen molar-refractivity contribution in [1.82, 2.24) is 10.2 Å². The molecule has 0 unspecified atom stereocenters. The predicted molar refractivity (Wildman–Crippen MR) is 71.3 cm³/mol. The lowest BCUT2D eigenvalue weighted by Gasteiger charge is -2.19. The third-order valence-electron chi connectivity index (χ3n) is 2.32. The Morgan fingerprint density at radius 2 is 1.71 bits per heavy atom. The van der Waals surface area contributed by atoms with E-state index in [4.69, 9.17) is 0 Å². The Morgan fingerprint density at radius 3 is 2.06 bits per heavy atom. The molecule has 1 radical (unpaired) electrons. The van der Waals surface area contributed by atoms with E-state index < -0.39 is 0 Å². The number of carbonyl (C=O) groups is 1. The highest BCUT2D eigenvalue weighted by atomic mass is 32.1. The molecule has 0 saturated carbocycles. The molecular weight excluding hydrogens is 252 g/mol. The molecule has 0 atom stereocenters. The van der Waals surface area contributed by atoms with Crippen molar-refractivity contribution in [3.63, 3.8) is 0 Å². The second kappa shape index (κ2) is 5.84. The Morgan fingerprint density at radius 1 is 1.18 bits per heavy atom. The maximum Gasteiger partial charge on any atom is 0.339 e. The van der Waals surface area contributed by atoms with E-state index in [1.807, 2.05) is 35.0 Å². The maximum absolute atomic E-state index is 11.7. The van der Waals surface area contributed by atoms with Gasteiger partial charge in [-0.15, -0.1) is 22.7 Å². The molecule has 0 aliphatic heterocycles.